The van der Waals surface area contributed by atoms with E-state index < -0.39 is 0 Å². The SMILES string of the molecule is CCC(C=Nn1c(-c2cc3ccccc3o2)csc1=Nc1c(C)n(C)n(-c2ccccc2)c1=O)CC. The molecule has 5 rings (SSSR count). The third-order valence-electron chi connectivity index (χ3n) is 6.54. The van der Waals surface area contributed by atoms with Gasteiger partial charge in [0.15, 0.2) is 11.4 Å². The fraction of sp³-hybridized carbons (Fsp3) is 0.250. The molecule has 3 heterocycles. The first-order chi connectivity index (χ1) is 17.5. The molecule has 3 aromatic heterocycles. The maximum absolute atomic E-state index is 13.5. The average Bonchev–Trinajstić information content (AvgIpc) is 3.56. The van der Waals surface area contributed by atoms with E-state index in [1.807, 2.05) is 90.9 Å². The Morgan fingerprint density at radius 1 is 1.06 bits per heavy atom. The number of hydrogen-bond donors (Lipinski definition) is 0. The summed E-state index contributed by atoms with van der Waals surface area (Å²) in [4.78, 5) is 18.9. The van der Waals surface area contributed by atoms with Gasteiger partial charge >= 0.3 is 0 Å². The highest BCUT2D eigenvalue weighted by Crippen LogP contribution is 2.28. The molecule has 0 aliphatic heterocycles. The minimum absolute atomic E-state index is 0.171. The van der Waals surface area contributed by atoms with Gasteiger partial charge in [0.2, 0.25) is 4.80 Å². The van der Waals surface area contributed by atoms with E-state index in [1.165, 1.54) is 11.3 Å². The number of aromatic nitrogens is 3. The predicted octanol–water partition coefficient (Wildman–Crippen LogP) is 6.26. The van der Waals surface area contributed by atoms with Gasteiger partial charge in [-0.2, -0.15) is 5.10 Å². The van der Waals surface area contributed by atoms with Gasteiger partial charge in [0.05, 0.1) is 11.4 Å². The second-order valence-corrected chi connectivity index (χ2v) is 9.56. The number of nitrogens with zero attached hydrogens (tertiary/aromatic N) is 5. The molecule has 0 fully saturated rings. The van der Waals surface area contributed by atoms with E-state index in [2.05, 4.69) is 13.8 Å². The largest absolute Gasteiger partial charge is 0.454 e. The number of furan rings is 1. The van der Waals surface area contributed by atoms with Gasteiger partial charge in [-0.3, -0.25) is 9.48 Å². The van der Waals surface area contributed by atoms with Crippen molar-refractivity contribution in [2.45, 2.75) is 33.6 Å². The normalized spacial score (nSPS) is 12.5. The van der Waals surface area contributed by atoms with Gasteiger partial charge in [0.1, 0.15) is 11.3 Å². The molecule has 36 heavy (non-hydrogen) atoms. The van der Waals surface area contributed by atoms with Gasteiger partial charge in [-0.25, -0.2) is 14.4 Å². The lowest BCUT2D eigenvalue weighted by molar-refractivity contribution is 0.619. The second kappa shape index (κ2) is 9.99. The molecule has 0 saturated carbocycles. The fourth-order valence-electron chi connectivity index (χ4n) is 4.21. The van der Waals surface area contributed by atoms with Gasteiger partial charge < -0.3 is 4.42 Å². The van der Waals surface area contributed by atoms with Crippen molar-refractivity contribution in [3.8, 4) is 17.1 Å². The zero-order valence-electron chi connectivity index (χ0n) is 20.9. The molecule has 0 spiro atoms. The average molecular weight is 500 g/mol. The first kappa shape index (κ1) is 23.8. The molecule has 0 bridgehead atoms. The van der Waals surface area contributed by atoms with Gasteiger partial charge in [-0.15, -0.1) is 11.3 Å². The van der Waals surface area contributed by atoms with E-state index in [0.29, 0.717) is 22.2 Å². The maximum atomic E-state index is 13.5. The number of rotatable bonds is 7. The molecule has 0 aliphatic rings. The molecule has 184 valence electrons. The van der Waals surface area contributed by atoms with Gasteiger partial charge in [-0.1, -0.05) is 50.2 Å². The summed E-state index contributed by atoms with van der Waals surface area (Å²) in [5, 5.41) is 7.84. The second-order valence-electron chi connectivity index (χ2n) is 8.73. The molecule has 5 aromatic rings. The summed E-state index contributed by atoms with van der Waals surface area (Å²) in [6.45, 7) is 6.22. The summed E-state index contributed by atoms with van der Waals surface area (Å²) in [5.74, 6) is 1.06. The first-order valence-electron chi connectivity index (χ1n) is 12.1. The van der Waals surface area contributed by atoms with Crippen molar-refractivity contribution >= 4 is 34.2 Å². The highest BCUT2D eigenvalue weighted by Gasteiger charge is 2.18. The van der Waals surface area contributed by atoms with Gasteiger partial charge in [0.25, 0.3) is 5.56 Å². The van der Waals surface area contributed by atoms with Crippen LogP contribution < -0.4 is 10.4 Å². The zero-order valence-corrected chi connectivity index (χ0v) is 21.7. The van der Waals surface area contributed by atoms with Crippen molar-refractivity contribution in [3.63, 3.8) is 0 Å². The topological polar surface area (TPSA) is 69.7 Å². The van der Waals surface area contributed by atoms with Crippen molar-refractivity contribution in [2.24, 2.45) is 23.1 Å². The molecule has 0 radical (unpaired) electrons. The fourth-order valence-corrected chi connectivity index (χ4v) is 5.03. The van der Waals surface area contributed by atoms with Crippen molar-refractivity contribution < 1.29 is 4.42 Å². The lowest BCUT2D eigenvalue weighted by Crippen LogP contribution is -2.20. The van der Waals surface area contributed by atoms with Crippen molar-refractivity contribution in [2.75, 3.05) is 0 Å². The number of para-hydroxylation sites is 2. The van der Waals surface area contributed by atoms with Crippen LogP contribution in [0.4, 0.5) is 5.69 Å². The molecule has 0 unspecified atom stereocenters. The number of hydrogen-bond acceptors (Lipinski definition) is 5. The van der Waals surface area contributed by atoms with Crippen LogP contribution in [0.2, 0.25) is 0 Å². The van der Waals surface area contributed by atoms with Crippen LogP contribution in [0, 0.1) is 12.8 Å². The van der Waals surface area contributed by atoms with E-state index in [-0.39, 0.29) is 5.56 Å². The van der Waals surface area contributed by atoms with E-state index >= 15 is 0 Å². The van der Waals surface area contributed by atoms with E-state index in [4.69, 9.17) is 14.5 Å². The van der Waals surface area contributed by atoms with Crippen molar-refractivity contribution in [1.82, 2.24) is 14.0 Å². The summed E-state index contributed by atoms with van der Waals surface area (Å²) in [6, 6.07) is 19.5. The molecule has 0 N–H and O–H groups in total. The summed E-state index contributed by atoms with van der Waals surface area (Å²) in [6.07, 6.45) is 3.96. The highest BCUT2D eigenvalue weighted by atomic mass is 32.1. The van der Waals surface area contributed by atoms with E-state index in [9.17, 15) is 4.79 Å². The summed E-state index contributed by atoms with van der Waals surface area (Å²) >= 11 is 1.44. The van der Waals surface area contributed by atoms with Crippen LogP contribution in [0.5, 0.6) is 0 Å². The van der Waals surface area contributed by atoms with Crippen LogP contribution in [-0.2, 0) is 7.05 Å². The number of fused-ring (bicyclic) bond motifs is 1. The Morgan fingerprint density at radius 3 is 2.50 bits per heavy atom. The van der Waals surface area contributed by atoms with Crippen LogP contribution in [0.15, 0.2) is 85.3 Å². The Morgan fingerprint density at radius 2 is 1.78 bits per heavy atom. The molecule has 0 atom stereocenters. The molecule has 7 nitrogen and oxygen atoms in total. The molecule has 0 saturated heterocycles. The maximum Gasteiger partial charge on any atom is 0.297 e. The Labute approximate surface area is 213 Å². The van der Waals surface area contributed by atoms with Crippen LogP contribution in [0.25, 0.3) is 28.1 Å². The molecule has 0 aliphatic carbocycles. The molecule has 2 aromatic carbocycles. The molecule has 0 amide bonds. The van der Waals surface area contributed by atoms with Crippen LogP contribution in [0.3, 0.4) is 0 Å². The van der Waals surface area contributed by atoms with Gasteiger partial charge in [0, 0.05) is 24.0 Å². The van der Waals surface area contributed by atoms with Crippen LogP contribution in [-0.4, -0.2) is 20.3 Å². The van der Waals surface area contributed by atoms with Gasteiger partial charge in [-0.05, 0) is 49.9 Å². The number of benzene rings is 2. The first-order valence-corrected chi connectivity index (χ1v) is 13.0. The van der Waals surface area contributed by atoms with Crippen LogP contribution in [0.1, 0.15) is 32.4 Å². The summed E-state index contributed by atoms with van der Waals surface area (Å²) in [5.41, 5.74) is 3.41. The smallest absolute Gasteiger partial charge is 0.297 e. The minimum atomic E-state index is -0.171. The standard InChI is InChI=1S/C28H29N5O2S/c1-5-20(6-2)17-29-32-23(25-16-21-12-10-11-15-24(21)35-25)18-36-28(32)30-26-19(3)31(4)33(27(26)34)22-13-8-7-9-14-22/h7-18,20H,5-6H2,1-4H3. The van der Waals surface area contributed by atoms with E-state index in [1.54, 1.807) is 9.36 Å². The number of thiazole rings is 1. The Balaban J connectivity index is 1.70. The Bertz CT molecular complexity index is 1630. The summed E-state index contributed by atoms with van der Waals surface area (Å²) < 4.78 is 11.4. The quantitative estimate of drug-likeness (QED) is 0.248. The summed E-state index contributed by atoms with van der Waals surface area (Å²) in [7, 11) is 1.87. The molecule has 8 heteroatoms. The molecular formula is C28H29N5O2S. The van der Waals surface area contributed by atoms with Crippen molar-refractivity contribution in [3.05, 3.63) is 86.9 Å². The third-order valence-corrected chi connectivity index (χ3v) is 7.35. The minimum Gasteiger partial charge on any atom is -0.454 e. The monoisotopic (exact) mass is 499 g/mol. The lowest BCUT2D eigenvalue weighted by Gasteiger charge is -2.07. The van der Waals surface area contributed by atoms with Crippen LogP contribution >= 0.6 is 11.3 Å². The highest BCUT2D eigenvalue weighted by molar-refractivity contribution is 7.07. The Hall–Kier alpha value is -3.91. The lowest BCUT2D eigenvalue weighted by atomic mass is 10.1. The van der Waals surface area contributed by atoms with Crippen molar-refractivity contribution in [1.29, 1.82) is 0 Å². The Kier molecular flexibility index (Phi) is 6.61. The zero-order chi connectivity index (χ0) is 25.2. The van der Waals surface area contributed by atoms with E-state index in [0.717, 1.165) is 40.9 Å². The third kappa shape index (κ3) is 4.28. The predicted molar refractivity (Wildman–Crippen MR) is 146 cm³/mol. The molecular weight excluding hydrogens is 470 g/mol.